The second kappa shape index (κ2) is 8.90. The van der Waals surface area contributed by atoms with E-state index < -0.39 is 0 Å². The number of nitrogens with zero attached hydrogens (tertiary/aromatic N) is 2. The Labute approximate surface area is 164 Å². The highest BCUT2D eigenvalue weighted by Crippen LogP contribution is 2.12. The van der Waals surface area contributed by atoms with Gasteiger partial charge in [0.25, 0.3) is 11.8 Å². The van der Waals surface area contributed by atoms with Crippen LogP contribution in [-0.2, 0) is 0 Å². The van der Waals surface area contributed by atoms with Crippen molar-refractivity contribution >= 4 is 17.5 Å². The van der Waals surface area contributed by atoms with E-state index >= 15 is 0 Å². The third-order valence-electron chi connectivity index (χ3n) is 4.37. The van der Waals surface area contributed by atoms with E-state index in [9.17, 15) is 9.59 Å². The topological polar surface area (TPSA) is 66.4 Å². The molecule has 2 aromatic carbocycles. The SMILES string of the molecule is CN(C)c1ccc(C(=O)NCCNC(=O)c2ccc(-n3cccc3)cc2)cc1. The smallest absolute Gasteiger partial charge is 0.251 e. The highest BCUT2D eigenvalue weighted by molar-refractivity contribution is 5.95. The summed E-state index contributed by atoms with van der Waals surface area (Å²) in [4.78, 5) is 26.3. The molecule has 0 saturated heterocycles. The van der Waals surface area contributed by atoms with Gasteiger partial charge in [-0.3, -0.25) is 9.59 Å². The Morgan fingerprint density at radius 1 is 0.786 bits per heavy atom. The van der Waals surface area contributed by atoms with Gasteiger partial charge in [-0.05, 0) is 60.7 Å². The Hall–Kier alpha value is -3.54. The van der Waals surface area contributed by atoms with Crippen LogP contribution in [0.3, 0.4) is 0 Å². The molecule has 3 aromatic rings. The van der Waals surface area contributed by atoms with Gasteiger partial charge in [0.1, 0.15) is 0 Å². The minimum Gasteiger partial charge on any atom is -0.378 e. The summed E-state index contributed by atoms with van der Waals surface area (Å²) < 4.78 is 1.97. The molecule has 0 spiro atoms. The van der Waals surface area contributed by atoms with E-state index in [1.54, 1.807) is 24.3 Å². The number of benzene rings is 2. The van der Waals surface area contributed by atoms with E-state index in [0.717, 1.165) is 11.4 Å². The maximum absolute atomic E-state index is 12.2. The molecular weight excluding hydrogens is 352 g/mol. The molecule has 2 amide bonds. The Balaban J connectivity index is 1.44. The fourth-order valence-corrected chi connectivity index (χ4v) is 2.76. The molecule has 0 unspecified atom stereocenters. The van der Waals surface area contributed by atoms with Crippen LogP contribution in [0.4, 0.5) is 5.69 Å². The second-order valence-corrected chi connectivity index (χ2v) is 6.59. The van der Waals surface area contributed by atoms with E-state index in [1.165, 1.54) is 0 Å². The molecule has 1 heterocycles. The minimum absolute atomic E-state index is 0.157. The maximum atomic E-state index is 12.2. The van der Waals surface area contributed by atoms with Crippen molar-refractivity contribution in [3.05, 3.63) is 84.2 Å². The number of carbonyl (C=O) groups excluding carboxylic acids is 2. The summed E-state index contributed by atoms with van der Waals surface area (Å²) in [6, 6.07) is 18.6. The Bertz CT molecular complexity index is 914. The molecule has 0 aliphatic heterocycles. The molecule has 6 nitrogen and oxygen atoms in total. The quantitative estimate of drug-likeness (QED) is 0.623. The monoisotopic (exact) mass is 376 g/mol. The zero-order valence-electron chi connectivity index (χ0n) is 16.1. The summed E-state index contributed by atoms with van der Waals surface area (Å²) in [6.45, 7) is 0.723. The van der Waals surface area contributed by atoms with Crippen LogP contribution >= 0.6 is 0 Å². The van der Waals surface area contributed by atoms with E-state index in [-0.39, 0.29) is 11.8 Å². The Morgan fingerprint density at radius 3 is 1.71 bits per heavy atom. The van der Waals surface area contributed by atoms with Crippen molar-refractivity contribution in [2.45, 2.75) is 0 Å². The lowest BCUT2D eigenvalue weighted by molar-refractivity contribution is 0.0927. The highest BCUT2D eigenvalue weighted by Gasteiger charge is 2.07. The summed E-state index contributed by atoms with van der Waals surface area (Å²) in [5.41, 5.74) is 3.21. The number of hydrogen-bond acceptors (Lipinski definition) is 3. The molecule has 2 N–H and O–H groups in total. The molecule has 6 heteroatoms. The van der Waals surface area contributed by atoms with Gasteiger partial charge in [-0.2, -0.15) is 0 Å². The zero-order chi connectivity index (χ0) is 19.9. The number of hydrogen-bond donors (Lipinski definition) is 2. The van der Waals surface area contributed by atoms with Gasteiger partial charge < -0.3 is 20.1 Å². The number of rotatable bonds is 7. The number of anilines is 1. The molecule has 0 aliphatic rings. The molecule has 0 fully saturated rings. The minimum atomic E-state index is -0.163. The molecule has 144 valence electrons. The van der Waals surface area contributed by atoms with Gasteiger partial charge in [0, 0.05) is 62.1 Å². The zero-order valence-corrected chi connectivity index (χ0v) is 16.1. The van der Waals surface area contributed by atoms with Crippen LogP contribution < -0.4 is 15.5 Å². The molecular formula is C22H24N4O2. The molecule has 1 aromatic heterocycles. The van der Waals surface area contributed by atoms with E-state index in [2.05, 4.69) is 10.6 Å². The van der Waals surface area contributed by atoms with E-state index in [1.807, 2.05) is 72.4 Å². The molecule has 0 atom stereocenters. The van der Waals surface area contributed by atoms with Gasteiger partial charge in [-0.15, -0.1) is 0 Å². The van der Waals surface area contributed by atoms with Gasteiger partial charge >= 0.3 is 0 Å². The molecule has 0 aliphatic carbocycles. The van der Waals surface area contributed by atoms with Crippen molar-refractivity contribution in [3.8, 4) is 5.69 Å². The summed E-state index contributed by atoms with van der Waals surface area (Å²) in [5.74, 6) is -0.320. The molecule has 28 heavy (non-hydrogen) atoms. The highest BCUT2D eigenvalue weighted by atomic mass is 16.2. The number of amides is 2. The predicted octanol–water partition coefficient (Wildman–Crippen LogP) is 2.70. The van der Waals surface area contributed by atoms with Crippen LogP contribution in [0.15, 0.2) is 73.1 Å². The first kappa shape index (κ1) is 19.2. The average Bonchev–Trinajstić information content (AvgIpc) is 3.26. The molecule has 0 saturated carbocycles. The standard InChI is InChI=1S/C22H24N4O2/c1-25(2)19-9-5-17(6-10-19)21(27)23-13-14-24-22(28)18-7-11-20(12-8-18)26-15-3-4-16-26/h3-12,15-16H,13-14H2,1-2H3,(H,23,27)(H,24,28). The Kier molecular flexibility index (Phi) is 6.11. The van der Waals surface area contributed by atoms with Crippen molar-refractivity contribution in [1.29, 1.82) is 0 Å². The van der Waals surface area contributed by atoms with E-state index in [4.69, 9.17) is 0 Å². The van der Waals surface area contributed by atoms with Crippen molar-refractivity contribution < 1.29 is 9.59 Å². The van der Waals surface area contributed by atoms with Crippen molar-refractivity contribution in [3.63, 3.8) is 0 Å². The summed E-state index contributed by atoms with van der Waals surface area (Å²) >= 11 is 0. The van der Waals surface area contributed by atoms with Crippen molar-refractivity contribution in [1.82, 2.24) is 15.2 Å². The first-order valence-electron chi connectivity index (χ1n) is 9.12. The fourth-order valence-electron chi connectivity index (χ4n) is 2.76. The van der Waals surface area contributed by atoms with Gasteiger partial charge in [-0.1, -0.05) is 0 Å². The lowest BCUT2D eigenvalue weighted by Gasteiger charge is -2.12. The fraction of sp³-hybridized carbons (Fsp3) is 0.182. The summed E-state index contributed by atoms with van der Waals surface area (Å²) in [7, 11) is 3.90. The summed E-state index contributed by atoms with van der Waals surface area (Å²) in [5, 5.41) is 5.63. The third-order valence-corrected chi connectivity index (χ3v) is 4.37. The molecule has 0 bridgehead atoms. The average molecular weight is 376 g/mol. The predicted molar refractivity (Wildman–Crippen MR) is 111 cm³/mol. The largest absolute Gasteiger partial charge is 0.378 e. The summed E-state index contributed by atoms with van der Waals surface area (Å²) in [6.07, 6.45) is 3.90. The van der Waals surface area contributed by atoms with Gasteiger partial charge in [-0.25, -0.2) is 0 Å². The van der Waals surface area contributed by atoms with Crippen LogP contribution in [0.2, 0.25) is 0 Å². The van der Waals surface area contributed by atoms with Gasteiger partial charge in [0.2, 0.25) is 0 Å². The lowest BCUT2D eigenvalue weighted by Crippen LogP contribution is -2.34. The number of nitrogens with one attached hydrogen (secondary N) is 2. The van der Waals surface area contributed by atoms with Crippen molar-refractivity contribution in [2.75, 3.05) is 32.1 Å². The van der Waals surface area contributed by atoms with Crippen LogP contribution in [0.1, 0.15) is 20.7 Å². The number of carbonyl (C=O) groups is 2. The van der Waals surface area contributed by atoms with Crippen LogP contribution in [0, 0.1) is 0 Å². The van der Waals surface area contributed by atoms with Gasteiger partial charge in [0.05, 0.1) is 0 Å². The Morgan fingerprint density at radius 2 is 1.25 bits per heavy atom. The van der Waals surface area contributed by atoms with Gasteiger partial charge in [0.15, 0.2) is 0 Å². The number of aromatic nitrogens is 1. The molecule has 0 radical (unpaired) electrons. The van der Waals surface area contributed by atoms with Crippen LogP contribution in [-0.4, -0.2) is 43.6 Å². The van der Waals surface area contributed by atoms with Crippen LogP contribution in [0.5, 0.6) is 0 Å². The molecule has 3 rings (SSSR count). The lowest BCUT2D eigenvalue weighted by atomic mass is 10.2. The normalized spacial score (nSPS) is 10.4. The third kappa shape index (κ3) is 4.79. The maximum Gasteiger partial charge on any atom is 0.251 e. The van der Waals surface area contributed by atoms with Crippen LogP contribution in [0.25, 0.3) is 5.69 Å². The van der Waals surface area contributed by atoms with Crippen molar-refractivity contribution in [2.24, 2.45) is 0 Å². The first-order valence-corrected chi connectivity index (χ1v) is 9.12. The second-order valence-electron chi connectivity index (χ2n) is 6.59. The first-order chi connectivity index (χ1) is 13.5. The van der Waals surface area contributed by atoms with E-state index in [0.29, 0.717) is 24.2 Å².